The first kappa shape index (κ1) is 36.1. The number of rotatable bonds is 14. The molecule has 0 unspecified atom stereocenters. The molecule has 0 bridgehead atoms. The second-order valence-corrected chi connectivity index (χ2v) is 12.8. The van der Waals surface area contributed by atoms with Gasteiger partial charge < -0.3 is 19.7 Å². The lowest BCUT2D eigenvalue weighted by molar-refractivity contribution is 0.244. The van der Waals surface area contributed by atoms with Crippen molar-refractivity contribution in [2.75, 3.05) is 0 Å². The van der Waals surface area contributed by atoms with Crippen molar-refractivity contribution in [2.45, 2.75) is 105 Å². The summed E-state index contributed by atoms with van der Waals surface area (Å²) in [5, 5.41) is 17.7. The maximum Gasteiger partial charge on any atom is 0.205 e. The molecule has 0 spiro atoms. The number of aromatic hydroxyl groups is 2. The lowest BCUT2D eigenvalue weighted by Gasteiger charge is -2.32. The molecule has 1 aromatic carbocycles. The van der Waals surface area contributed by atoms with Crippen LogP contribution in [0.4, 0.5) is 0 Å². The Bertz CT molecular complexity index is 1120. The Labute approximate surface area is 251 Å². The Morgan fingerprint density at radius 3 is 1.65 bits per heavy atom. The summed E-state index contributed by atoms with van der Waals surface area (Å²) in [6, 6.07) is 0. The van der Waals surface area contributed by atoms with Gasteiger partial charge in [0.1, 0.15) is 47.1 Å². The minimum absolute atomic E-state index is 0.0559. The molecule has 12 radical (unpaired) electrons. The Morgan fingerprint density at radius 2 is 1.18 bits per heavy atom. The van der Waals surface area contributed by atoms with Gasteiger partial charge in [0.15, 0.2) is 11.5 Å². The molecule has 0 atom stereocenters. The normalized spacial score (nSPS) is 13.7. The molecule has 0 heterocycles. The zero-order valence-electron chi connectivity index (χ0n) is 25.9. The Kier molecular flexibility index (Phi) is 12.4. The Balaban J connectivity index is 3.24. The van der Waals surface area contributed by atoms with Crippen molar-refractivity contribution in [2.24, 2.45) is 10.8 Å². The average Bonchev–Trinajstić information content (AvgIpc) is 2.74. The number of phenols is 2. The van der Waals surface area contributed by atoms with E-state index in [1.165, 1.54) is 16.7 Å². The summed E-state index contributed by atoms with van der Waals surface area (Å²) in [6.45, 7) is 18.8. The van der Waals surface area contributed by atoms with E-state index in [1.807, 2.05) is 13.8 Å². The molecule has 0 aromatic heterocycles. The molecular formula is C30H42B6O4. The molecule has 0 aliphatic heterocycles. The molecule has 4 nitrogen and oxygen atoms in total. The van der Waals surface area contributed by atoms with Crippen molar-refractivity contribution < 1.29 is 19.7 Å². The van der Waals surface area contributed by atoms with Crippen molar-refractivity contribution >= 4 is 47.1 Å². The second-order valence-electron chi connectivity index (χ2n) is 12.8. The van der Waals surface area contributed by atoms with Gasteiger partial charge in [-0.2, -0.15) is 0 Å². The second kappa shape index (κ2) is 13.8. The van der Waals surface area contributed by atoms with Gasteiger partial charge in [-0.1, -0.05) is 62.6 Å². The minimum atomic E-state index is -2.20. The molecule has 0 aliphatic rings. The van der Waals surface area contributed by atoms with Crippen LogP contribution in [0.15, 0.2) is 34.9 Å². The molecule has 2 N–H and O–H groups in total. The predicted molar refractivity (Wildman–Crippen MR) is 172 cm³/mol. The summed E-state index contributed by atoms with van der Waals surface area (Å²) in [6.07, 6.45) is 11.2. The lowest BCUT2D eigenvalue weighted by atomic mass is 9.52. The molecule has 40 heavy (non-hydrogen) atoms. The van der Waals surface area contributed by atoms with E-state index in [9.17, 15) is 10.2 Å². The highest BCUT2D eigenvalue weighted by Gasteiger charge is 2.31. The highest BCUT2D eigenvalue weighted by molar-refractivity contribution is 6.59. The largest absolute Gasteiger partial charge is 0.510 e. The fourth-order valence-electron chi connectivity index (χ4n) is 4.77. The van der Waals surface area contributed by atoms with Crippen molar-refractivity contribution in [3.05, 3.63) is 46.1 Å². The van der Waals surface area contributed by atoms with Gasteiger partial charge in [0.05, 0.1) is 0 Å². The van der Waals surface area contributed by atoms with Crippen LogP contribution in [-0.4, -0.2) is 67.9 Å². The van der Waals surface area contributed by atoms with Crippen LogP contribution >= 0.6 is 0 Å². The van der Waals surface area contributed by atoms with Gasteiger partial charge in [0.25, 0.3) is 0 Å². The standard InChI is InChI=1S/C30H42B6O4/c1-18(2)11-10-12-19(3)15-27(6,7)14-13-20(4)16-28(8,9)17-22-21(5)23(37)25(39-29(31,32)33)26(24(22)38)40-30(34,35)36/h11,15-16,37-38H,10,12-14,17H2,1-9H3/b19-15+,20-16+. The summed E-state index contributed by atoms with van der Waals surface area (Å²) in [5.74, 6) is -1.59. The van der Waals surface area contributed by atoms with Crippen LogP contribution in [0.2, 0.25) is 0 Å². The van der Waals surface area contributed by atoms with E-state index in [-0.39, 0.29) is 16.9 Å². The van der Waals surface area contributed by atoms with Crippen molar-refractivity contribution in [3.63, 3.8) is 0 Å². The number of ether oxygens (including phenoxy) is 2. The van der Waals surface area contributed by atoms with E-state index in [0.717, 1.165) is 25.7 Å². The predicted octanol–water partition coefficient (Wildman–Crippen LogP) is 5.41. The van der Waals surface area contributed by atoms with E-state index < -0.39 is 27.5 Å². The summed E-state index contributed by atoms with van der Waals surface area (Å²) >= 11 is 0. The third-order valence-electron chi connectivity index (χ3n) is 6.45. The van der Waals surface area contributed by atoms with E-state index in [2.05, 4.69) is 59.8 Å². The van der Waals surface area contributed by atoms with Crippen molar-refractivity contribution in [1.29, 1.82) is 0 Å². The number of phenolic OH excluding ortho intramolecular Hbond substituents is 2. The molecule has 0 saturated heterocycles. The Morgan fingerprint density at radius 1 is 0.725 bits per heavy atom. The van der Waals surface area contributed by atoms with E-state index in [1.54, 1.807) is 6.92 Å². The third kappa shape index (κ3) is 12.7. The molecule has 204 valence electrons. The van der Waals surface area contributed by atoms with Crippen LogP contribution in [0.5, 0.6) is 23.0 Å². The van der Waals surface area contributed by atoms with Gasteiger partial charge in [-0.05, 0) is 88.2 Å². The number of hydrogen-bond donors (Lipinski definition) is 2. The number of hydrogen-bond acceptors (Lipinski definition) is 4. The highest BCUT2D eigenvalue weighted by atomic mass is 16.5. The third-order valence-corrected chi connectivity index (χ3v) is 6.45. The molecule has 10 heteroatoms. The number of benzene rings is 1. The van der Waals surface area contributed by atoms with Gasteiger partial charge >= 0.3 is 0 Å². The average molecular weight is 532 g/mol. The van der Waals surface area contributed by atoms with Gasteiger partial charge in [0, 0.05) is 11.1 Å². The summed E-state index contributed by atoms with van der Waals surface area (Å²) in [7, 11) is 33.5. The van der Waals surface area contributed by atoms with Gasteiger partial charge in [0.2, 0.25) is 11.5 Å². The minimum Gasteiger partial charge on any atom is -0.510 e. The quantitative estimate of drug-likeness (QED) is 0.192. The van der Waals surface area contributed by atoms with Crippen molar-refractivity contribution in [1.82, 2.24) is 0 Å². The highest BCUT2D eigenvalue weighted by Crippen LogP contribution is 2.51. The van der Waals surface area contributed by atoms with Gasteiger partial charge in [-0.15, -0.1) is 0 Å². The monoisotopic (exact) mass is 532 g/mol. The SMILES string of the molecule is [B]C([B])([B])Oc1c(O)c(C)c(CC(C)(C)/C=C(\C)CCC(C)(C)/C=C(\C)CCC=C(C)C)c(O)c1OC([B])([B])[B]. The first-order valence-electron chi connectivity index (χ1n) is 13.6. The van der Waals surface area contributed by atoms with E-state index >= 15 is 0 Å². The topological polar surface area (TPSA) is 58.9 Å². The first-order valence-corrected chi connectivity index (χ1v) is 13.6. The fraction of sp³-hybridized carbons (Fsp3) is 0.600. The zero-order valence-corrected chi connectivity index (χ0v) is 25.9. The van der Waals surface area contributed by atoms with Crippen LogP contribution < -0.4 is 9.47 Å². The smallest absolute Gasteiger partial charge is 0.205 e. The molecule has 0 fully saturated rings. The summed E-state index contributed by atoms with van der Waals surface area (Å²) < 4.78 is 10.6. The van der Waals surface area contributed by atoms with Crippen LogP contribution in [0.25, 0.3) is 0 Å². The van der Waals surface area contributed by atoms with Crippen LogP contribution in [0.3, 0.4) is 0 Å². The maximum absolute atomic E-state index is 11.2. The van der Waals surface area contributed by atoms with Gasteiger partial charge in [-0.3, -0.25) is 0 Å². The van der Waals surface area contributed by atoms with Gasteiger partial charge in [-0.25, -0.2) is 0 Å². The molecule has 0 aliphatic carbocycles. The molecule has 0 amide bonds. The summed E-state index contributed by atoms with van der Waals surface area (Å²) in [5.41, 5.74) is 4.32. The molecule has 1 aromatic rings. The lowest BCUT2D eigenvalue weighted by Crippen LogP contribution is -2.40. The zero-order chi connectivity index (χ0) is 31.3. The van der Waals surface area contributed by atoms with E-state index in [4.69, 9.17) is 56.6 Å². The van der Waals surface area contributed by atoms with Crippen LogP contribution in [0, 0.1) is 17.8 Å². The van der Waals surface area contributed by atoms with Crippen LogP contribution in [0.1, 0.15) is 92.2 Å². The summed E-state index contributed by atoms with van der Waals surface area (Å²) in [4.78, 5) is 0. The molecule has 1 rings (SSSR count). The fourth-order valence-corrected chi connectivity index (χ4v) is 4.77. The van der Waals surface area contributed by atoms with Crippen molar-refractivity contribution in [3.8, 4) is 23.0 Å². The molecule has 0 saturated carbocycles. The van der Waals surface area contributed by atoms with E-state index in [0.29, 0.717) is 17.5 Å². The molecular weight excluding hydrogens is 489 g/mol. The Hall–Kier alpha value is -1.97. The van der Waals surface area contributed by atoms with Crippen LogP contribution in [-0.2, 0) is 6.42 Å². The number of allylic oxidation sites excluding steroid dienone is 6. The first-order chi connectivity index (χ1) is 17.9. The maximum atomic E-state index is 11.2.